The molecule has 4 rings (SSSR count). The first-order valence-corrected chi connectivity index (χ1v) is 11.2. The van der Waals surface area contributed by atoms with Crippen LogP contribution in [0.4, 0.5) is 5.13 Å². The Kier molecular flexibility index (Phi) is 5.93. The number of rotatable bonds is 7. The monoisotopic (exact) mass is 417 g/mol. The van der Waals surface area contributed by atoms with Crippen LogP contribution in [0.2, 0.25) is 0 Å². The first kappa shape index (κ1) is 19.4. The van der Waals surface area contributed by atoms with Gasteiger partial charge in [0.2, 0.25) is 5.91 Å². The van der Waals surface area contributed by atoms with E-state index < -0.39 is 0 Å². The van der Waals surface area contributed by atoms with Crippen molar-refractivity contribution in [1.29, 1.82) is 0 Å². The second-order valence-corrected chi connectivity index (χ2v) is 9.04. The summed E-state index contributed by atoms with van der Waals surface area (Å²) in [6.07, 6.45) is 2.35. The van der Waals surface area contributed by atoms with Crippen molar-refractivity contribution in [3.63, 3.8) is 0 Å². The molecule has 1 aliphatic heterocycles. The molecule has 3 heterocycles. The lowest BCUT2D eigenvalue weighted by molar-refractivity contribution is -0.113. The van der Waals surface area contributed by atoms with Crippen LogP contribution in [0, 0.1) is 0 Å². The molecule has 28 heavy (non-hydrogen) atoms. The zero-order valence-corrected chi connectivity index (χ0v) is 17.6. The number of thioether (sulfide) groups is 1. The highest BCUT2D eigenvalue weighted by Crippen LogP contribution is 2.27. The Labute approximate surface area is 171 Å². The summed E-state index contributed by atoms with van der Waals surface area (Å²) in [6.45, 7) is 5.76. The molecule has 0 radical (unpaired) electrons. The number of hydrogen-bond donors (Lipinski definition) is 1. The number of hydrogen-bond acceptors (Lipinski definition) is 7. The van der Waals surface area contributed by atoms with Crippen molar-refractivity contribution in [2.75, 3.05) is 17.7 Å². The molecule has 1 N–H and O–H groups in total. The number of benzene rings is 1. The Morgan fingerprint density at radius 3 is 3.00 bits per heavy atom. The molecule has 0 bridgehead atoms. The predicted octanol–water partition coefficient (Wildman–Crippen LogP) is 3.92. The lowest BCUT2D eigenvalue weighted by Crippen LogP contribution is -2.19. The van der Waals surface area contributed by atoms with Gasteiger partial charge in [0.05, 0.1) is 28.6 Å². The van der Waals surface area contributed by atoms with Gasteiger partial charge in [-0.3, -0.25) is 4.79 Å². The number of fused-ring (bicyclic) bond motifs is 1. The minimum Gasteiger partial charge on any atom is -0.376 e. The summed E-state index contributed by atoms with van der Waals surface area (Å²) in [4.78, 5) is 16.9. The Balaban J connectivity index is 1.41. The second-order valence-electron chi connectivity index (χ2n) is 7.06. The van der Waals surface area contributed by atoms with Crippen molar-refractivity contribution < 1.29 is 9.53 Å². The van der Waals surface area contributed by atoms with Crippen LogP contribution in [0.1, 0.15) is 38.4 Å². The van der Waals surface area contributed by atoms with Crippen LogP contribution in [-0.2, 0) is 16.1 Å². The van der Waals surface area contributed by atoms with Gasteiger partial charge in [0, 0.05) is 12.5 Å². The number of thiazole rings is 1. The van der Waals surface area contributed by atoms with E-state index in [0.717, 1.165) is 47.2 Å². The molecular weight excluding hydrogens is 394 g/mol. The molecule has 0 saturated carbocycles. The van der Waals surface area contributed by atoms with Gasteiger partial charge < -0.3 is 14.6 Å². The van der Waals surface area contributed by atoms with Crippen LogP contribution >= 0.6 is 23.1 Å². The summed E-state index contributed by atoms with van der Waals surface area (Å²) in [5, 5.41) is 12.9. The minimum absolute atomic E-state index is 0.0955. The fourth-order valence-electron chi connectivity index (χ4n) is 3.21. The maximum Gasteiger partial charge on any atom is 0.236 e. The molecule has 1 aliphatic rings. The van der Waals surface area contributed by atoms with E-state index in [4.69, 9.17) is 4.74 Å². The average molecular weight is 418 g/mol. The Hall–Kier alpha value is -1.97. The quantitative estimate of drug-likeness (QED) is 0.587. The molecule has 1 aromatic carbocycles. The maximum absolute atomic E-state index is 12.4. The molecule has 0 spiro atoms. The molecule has 1 atom stereocenters. The molecule has 0 unspecified atom stereocenters. The summed E-state index contributed by atoms with van der Waals surface area (Å²) in [5.74, 6) is 1.36. The van der Waals surface area contributed by atoms with Gasteiger partial charge in [-0.05, 0) is 25.0 Å². The summed E-state index contributed by atoms with van der Waals surface area (Å²) in [6, 6.07) is 7.85. The minimum atomic E-state index is -0.0955. The molecule has 1 amide bonds. The van der Waals surface area contributed by atoms with E-state index in [1.807, 2.05) is 24.3 Å². The fraction of sp³-hybridized carbons (Fsp3) is 0.474. The maximum atomic E-state index is 12.4. The van der Waals surface area contributed by atoms with Gasteiger partial charge in [0.25, 0.3) is 0 Å². The molecule has 1 fully saturated rings. The molecule has 0 aliphatic carbocycles. The highest BCUT2D eigenvalue weighted by molar-refractivity contribution is 7.99. The number of ether oxygens (including phenoxy) is 1. The summed E-state index contributed by atoms with van der Waals surface area (Å²) in [7, 11) is 0. The molecule has 9 heteroatoms. The molecule has 7 nitrogen and oxygen atoms in total. The number of amides is 1. The zero-order chi connectivity index (χ0) is 19.5. The van der Waals surface area contributed by atoms with Crippen LogP contribution in [0.3, 0.4) is 0 Å². The van der Waals surface area contributed by atoms with Gasteiger partial charge in [0.1, 0.15) is 5.82 Å². The molecular formula is C19H23N5O2S2. The van der Waals surface area contributed by atoms with Gasteiger partial charge in [-0.1, -0.05) is 49.1 Å². The van der Waals surface area contributed by atoms with E-state index in [0.29, 0.717) is 5.13 Å². The van der Waals surface area contributed by atoms with Gasteiger partial charge >= 0.3 is 0 Å². The van der Waals surface area contributed by atoms with Gasteiger partial charge in [-0.25, -0.2) is 4.98 Å². The smallest absolute Gasteiger partial charge is 0.236 e. The fourth-order valence-corrected chi connectivity index (χ4v) is 4.85. The van der Waals surface area contributed by atoms with Gasteiger partial charge in [-0.2, -0.15) is 0 Å². The van der Waals surface area contributed by atoms with Crippen molar-refractivity contribution in [2.45, 2.75) is 50.4 Å². The van der Waals surface area contributed by atoms with Crippen molar-refractivity contribution in [3.8, 4) is 0 Å². The Morgan fingerprint density at radius 2 is 2.25 bits per heavy atom. The van der Waals surface area contributed by atoms with Crippen LogP contribution in [0.25, 0.3) is 10.2 Å². The van der Waals surface area contributed by atoms with Crippen LogP contribution in [0.5, 0.6) is 0 Å². The van der Waals surface area contributed by atoms with Crippen LogP contribution < -0.4 is 5.32 Å². The summed E-state index contributed by atoms with van der Waals surface area (Å²) in [5.41, 5.74) is 0.897. The molecule has 148 valence electrons. The van der Waals surface area contributed by atoms with E-state index in [-0.39, 0.29) is 23.7 Å². The van der Waals surface area contributed by atoms with Crippen molar-refractivity contribution in [2.24, 2.45) is 0 Å². The third-order valence-electron chi connectivity index (χ3n) is 4.54. The molecule has 1 saturated heterocycles. The number of nitrogens with one attached hydrogen (secondary N) is 1. The summed E-state index contributed by atoms with van der Waals surface area (Å²) >= 11 is 2.88. The van der Waals surface area contributed by atoms with Crippen molar-refractivity contribution in [1.82, 2.24) is 19.7 Å². The third kappa shape index (κ3) is 4.37. The third-order valence-corrected chi connectivity index (χ3v) is 6.46. The molecule has 3 aromatic rings. The summed E-state index contributed by atoms with van der Waals surface area (Å²) < 4.78 is 8.94. The largest absolute Gasteiger partial charge is 0.376 e. The van der Waals surface area contributed by atoms with E-state index >= 15 is 0 Å². The highest BCUT2D eigenvalue weighted by Gasteiger charge is 2.22. The lowest BCUT2D eigenvalue weighted by Gasteiger charge is -2.15. The number of carbonyl (C=O) groups is 1. The Bertz CT molecular complexity index is 929. The normalized spacial score (nSPS) is 16.9. The lowest BCUT2D eigenvalue weighted by atomic mass is 10.2. The van der Waals surface area contributed by atoms with E-state index in [2.05, 4.69) is 38.9 Å². The zero-order valence-electron chi connectivity index (χ0n) is 15.9. The van der Waals surface area contributed by atoms with Crippen molar-refractivity contribution in [3.05, 3.63) is 30.1 Å². The first-order valence-electron chi connectivity index (χ1n) is 9.43. The number of aromatic nitrogens is 4. The SMILES string of the molecule is CC(C)c1nnc(SCC(=O)Nc2nc3ccccc3s2)n1C[C@@H]1CCCO1. The first-order chi connectivity index (χ1) is 13.6. The van der Waals surface area contributed by atoms with Crippen molar-refractivity contribution >= 4 is 44.4 Å². The molecule has 2 aromatic heterocycles. The van der Waals surface area contributed by atoms with Gasteiger partial charge in [-0.15, -0.1) is 10.2 Å². The highest BCUT2D eigenvalue weighted by atomic mass is 32.2. The number of carbonyl (C=O) groups excluding carboxylic acids is 1. The number of anilines is 1. The van der Waals surface area contributed by atoms with E-state index in [1.165, 1.54) is 23.1 Å². The van der Waals surface area contributed by atoms with Gasteiger partial charge in [0.15, 0.2) is 10.3 Å². The Morgan fingerprint density at radius 1 is 1.39 bits per heavy atom. The van der Waals surface area contributed by atoms with Crippen LogP contribution in [-0.4, -0.2) is 44.1 Å². The second kappa shape index (κ2) is 8.59. The van der Waals surface area contributed by atoms with Crippen LogP contribution in [0.15, 0.2) is 29.4 Å². The standard InChI is InChI=1S/C19H23N5O2S2/c1-12(2)17-22-23-19(24(17)10-13-6-5-9-26-13)27-11-16(25)21-18-20-14-7-3-4-8-15(14)28-18/h3-4,7-8,12-13H,5-6,9-11H2,1-2H3,(H,20,21,25)/t13-/m0/s1. The number of nitrogens with zero attached hydrogens (tertiary/aromatic N) is 4. The van der Waals surface area contributed by atoms with E-state index in [9.17, 15) is 4.79 Å². The average Bonchev–Trinajstić information content (AvgIpc) is 3.39. The number of para-hydroxylation sites is 1. The van der Waals surface area contributed by atoms with E-state index in [1.54, 1.807) is 0 Å². The topological polar surface area (TPSA) is 81.9 Å². The predicted molar refractivity (Wildman–Crippen MR) is 112 cm³/mol.